The van der Waals surface area contributed by atoms with Gasteiger partial charge in [0.05, 0.1) is 35.5 Å². The van der Waals surface area contributed by atoms with Crippen LogP contribution in [-0.2, 0) is 23.8 Å². The Balaban J connectivity index is 2.59. The molecule has 0 radical (unpaired) electrons. The highest BCUT2D eigenvalue weighted by Crippen LogP contribution is 2.40. The third-order valence-corrected chi connectivity index (χ3v) is 4.49. The number of hydrogen-bond acceptors (Lipinski definition) is 9. The van der Waals surface area contributed by atoms with Gasteiger partial charge in [0, 0.05) is 18.5 Å². The number of dihydropyridines is 1. The van der Waals surface area contributed by atoms with E-state index in [1.54, 1.807) is 39.8 Å². The predicted octanol–water partition coefficient (Wildman–Crippen LogP) is 2.76. The van der Waals surface area contributed by atoms with E-state index in [4.69, 9.17) is 14.2 Å². The number of hydrogen-bond donors (Lipinski definition) is 2. The summed E-state index contributed by atoms with van der Waals surface area (Å²) < 4.78 is 15.6. The fraction of sp³-hybridized carbons (Fsp3) is 0.429. The molecule has 0 unspecified atom stereocenters. The number of nitrogens with zero attached hydrogens (tertiary/aromatic N) is 1. The highest BCUT2D eigenvalue weighted by Gasteiger charge is 2.38. The molecule has 0 amide bonds. The van der Waals surface area contributed by atoms with Gasteiger partial charge in [0.15, 0.2) is 0 Å². The summed E-state index contributed by atoms with van der Waals surface area (Å²) in [6.45, 7) is 7.11. The van der Waals surface area contributed by atoms with Crippen LogP contribution < -0.4 is 10.5 Å². The normalized spacial score (nSPS) is 16.5. The number of esters is 2. The number of nitrogens with one attached hydrogen (secondary N) is 1. The van der Waals surface area contributed by atoms with Gasteiger partial charge in [-0.2, -0.15) is 0 Å². The van der Waals surface area contributed by atoms with E-state index in [0.29, 0.717) is 17.0 Å². The van der Waals surface area contributed by atoms with Crippen molar-refractivity contribution in [3.8, 4) is 0 Å². The molecule has 0 fully saturated rings. The van der Waals surface area contributed by atoms with Crippen LogP contribution in [-0.4, -0.2) is 43.6 Å². The lowest BCUT2D eigenvalue weighted by Gasteiger charge is -2.31. The molecule has 0 saturated carbocycles. The summed E-state index contributed by atoms with van der Waals surface area (Å²) in [6, 6.07) is 6.04. The molecule has 2 rings (SSSR count). The van der Waals surface area contributed by atoms with Crippen LogP contribution in [0, 0.1) is 5.21 Å². The summed E-state index contributed by atoms with van der Waals surface area (Å²) in [6.07, 6.45) is -0.372. The molecule has 0 bridgehead atoms. The van der Waals surface area contributed by atoms with Gasteiger partial charge in [-0.3, -0.25) is 5.21 Å². The molecule has 2 N–H and O–H groups in total. The quantitative estimate of drug-likeness (QED) is 0.372. The summed E-state index contributed by atoms with van der Waals surface area (Å²) in [5.41, 5.74) is 1.88. The maximum atomic E-state index is 12.9. The Bertz CT molecular complexity index is 859. The third kappa shape index (κ3) is 5.38. The first kappa shape index (κ1) is 23.4. The van der Waals surface area contributed by atoms with Crippen molar-refractivity contribution in [1.29, 1.82) is 0 Å². The molecular weight excluding hydrogens is 392 g/mol. The average molecular weight is 419 g/mol. The summed E-state index contributed by atoms with van der Waals surface area (Å²) >= 11 is 0. The second kappa shape index (κ2) is 10.2. The fourth-order valence-corrected chi connectivity index (χ4v) is 3.26. The van der Waals surface area contributed by atoms with Gasteiger partial charge in [-0.15, -0.1) is 0 Å². The number of benzene rings is 1. The number of methoxy groups -OCH3 is 1. The van der Waals surface area contributed by atoms with E-state index in [2.05, 4.69) is 5.32 Å². The summed E-state index contributed by atoms with van der Waals surface area (Å²) in [5.74, 6) is -2.08. The lowest BCUT2D eigenvalue weighted by atomic mass is 9.80. The minimum atomic E-state index is -0.854. The first-order valence-electron chi connectivity index (χ1n) is 9.49. The number of allylic oxidation sites excluding steroid dienone is 2. The number of rotatable bonds is 8. The van der Waals surface area contributed by atoms with E-state index in [1.165, 1.54) is 19.2 Å². The van der Waals surface area contributed by atoms with Gasteiger partial charge in [-0.05, 0) is 45.4 Å². The van der Waals surface area contributed by atoms with Crippen LogP contribution in [0.5, 0.6) is 0 Å². The molecule has 9 nitrogen and oxygen atoms in total. The topological polar surface area (TPSA) is 120 Å². The fourth-order valence-electron chi connectivity index (χ4n) is 3.26. The summed E-state index contributed by atoms with van der Waals surface area (Å²) in [7, 11) is 1.49. The second-order valence-corrected chi connectivity index (χ2v) is 7.09. The van der Waals surface area contributed by atoms with E-state index in [9.17, 15) is 20.0 Å². The van der Waals surface area contributed by atoms with Crippen molar-refractivity contribution >= 4 is 17.6 Å². The van der Waals surface area contributed by atoms with Gasteiger partial charge in [-0.25, -0.2) is 9.59 Å². The van der Waals surface area contributed by atoms with Crippen molar-refractivity contribution in [2.45, 2.75) is 39.7 Å². The van der Waals surface area contributed by atoms with Crippen LogP contribution in [0.15, 0.2) is 46.8 Å². The molecule has 1 aromatic rings. The van der Waals surface area contributed by atoms with Gasteiger partial charge >= 0.3 is 11.9 Å². The molecule has 1 aliphatic rings. The van der Waals surface area contributed by atoms with Crippen molar-refractivity contribution in [3.63, 3.8) is 0 Å². The van der Waals surface area contributed by atoms with Gasteiger partial charge < -0.3 is 30.0 Å². The minimum Gasteiger partial charge on any atom is -0.733 e. The Morgan fingerprint density at radius 3 is 2.37 bits per heavy atom. The molecule has 0 saturated heterocycles. The largest absolute Gasteiger partial charge is 0.733 e. The molecule has 1 aliphatic heterocycles. The molecule has 164 valence electrons. The number of carbonyl (C=O) groups is 2. The lowest BCUT2D eigenvalue weighted by molar-refractivity contribution is -0.143. The predicted molar refractivity (Wildman–Crippen MR) is 109 cm³/mol. The SMILES string of the molecule is COCCOC(=O)C1=C(C)NC(C)=C(C(=O)OC(C)C)[C@@H]1c1cccc(N([O-])O)c1. The molecule has 0 aliphatic carbocycles. The maximum Gasteiger partial charge on any atom is 0.337 e. The zero-order chi connectivity index (χ0) is 22.4. The van der Waals surface area contributed by atoms with Crippen LogP contribution in [0.1, 0.15) is 39.2 Å². The van der Waals surface area contributed by atoms with Crippen LogP contribution >= 0.6 is 0 Å². The van der Waals surface area contributed by atoms with Crippen molar-refractivity contribution in [2.24, 2.45) is 0 Å². The Labute approximate surface area is 175 Å². The van der Waals surface area contributed by atoms with E-state index >= 15 is 0 Å². The Morgan fingerprint density at radius 1 is 1.17 bits per heavy atom. The zero-order valence-corrected chi connectivity index (χ0v) is 17.7. The minimum absolute atomic E-state index is 0.0370. The molecule has 1 heterocycles. The molecule has 1 atom stereocenters. The van der Waals surface area contributed by atoms with Crippen molar-refractivity contribution < 1.29 is 29.0 Å². The molecule has 9 heteroatoms. The Kier molecular flexibility index (Phi) is 7.99. The highest BCUT2D eigenvalue weighted by atomic mass is 16.8. The Hall–Kier alpha value is -2.88. The van der Waals surface area contributed by atoms with Crippen LogP contribution in [0.25, 0.3) is 0 Å². The van der Waals surface area contributed by atoms with Crippen molar-refractivity contribution in [3.05, 3.63) is 57.6 Å². The molecule has 0 aromatic heterocycles. The first-order chi connectivity index (χ1) is 14.2. The molecule has 1 aromatic carbocycles. The molecular formula is C21H27N2O7-. The van der Waals surface area contributed by atoms with Gasteiger partial charge in [0.2, 0.25) is 0 Å². The van der Waals surface area contributed by atoms with Gasteiger partial charge in [0.1, 0.15) is 6.61 Å². The summed E-state index contributed by atoms with van der Waals surface area (Å²) in [5, 5.41) is 23.5. The van der Waals surface area contributed by atoms with Gasteiger partial charge in [0.25, 0.3) is 0 Å². The van der Waals surface area contributed by atoms with E-state index < -0.39 is 17.9 Å². The lowest BCUT2D eigenvalue weighted by Crippen LogP contribution is -2.33. The second-order valence-electron chi connectivity index (χ2n) is 7.09. The van der Waals surface area contributed by atoms with E-state index in [0.717, 1.165) is 0 Å². The first-order valence-corrected chi connectivity index (χ1v) is 9.49. The standard InChI is InChI=1S/C21H27N2O7/c1-12(2)30-21(25)18-14(4)22-13(3)17(20(24)29-10-9-28-5)19(18)15-7-6-8-16(11-15)23(26)27/h6-8,11-12,19,22,26H,9-10H2,1-5H3/q-1/t19-/m1/s1. The van der Waals surface area contributed by atoms with E-state index in [-0.39, 0.29) is 41.4 Å². The number of ether oxygens (including phenoxy) is 3. The van der Waals surface area contributed by atoms with Gasteiger partial charge in [-0.1, -0.05) is 12.1 Å². The zero-order valence-electron chi connectivity index (χ0n) is 17.7. The smallest absolute Gasteiger partial charge is 0.337 e. The third-order valence-electron chi connectivity index (χ3n) is 4.49. The highest BCUT2D eigenvalue weighted by molar-refractivity contribution is 6.00. The summed E-state index contributed by atoms with van der Waals surface area (Å²) in [4.78, 5) is 25.8. The molecule has 0 spiro atoms. The Morgan fingerprint density at radius 2 is 1.80 bits per heavy atom. The van der Waals surface area contributed by atoms with Crippen LogP contribution in [0.2, 0.25) is 0 Å². The molecule has 30 heavy (non-hydrogen) atoms. The van der Waals surface area contributed by atoms with Crippen molar-refractivity contribution in [2.75, 3.05) is 25.6 Å². The average Bonchev–Trinajstić information content (AvgIpc) is 2.66. The van der Waals surface area contributed by atoms with Crippen LogP contribution in [0.4, 0.5) is 5.69 Å². The van der Waals surface area contributed by atoms with Crippen molar-refractivity contribution in [1.82, 2.24) is 5.32 Å². The number of carbonyl (C=O) groups excluding carboxylic acids is 2. The maximum absolute atomic E-state index is 12.9. The van der Waals surface area contributed by atoms with E-state index in [1.807, 2.05) is 0 Å². The number of anilines is 1. The monoisotopic (exact) mass is 419 g/mol. The van der Waals surface area contributed by atoms with Crippen LogP contribution in [0.3, 0.4) is 0 Å².